The van der Waals surface area contributed by atoms with Crippen molar-refractivity contribution in [3.8, 4) is 11.1 Å². The van der Waals surface area contributed by atoms with Crippen molar-refractivity contribution in [3.63, 3.8) is 0 Å². The minimum atomic E-state index is -2.84. The van der Waals surface area contributed by atoms with E-state index in [1.54, 1.807) is 6.07 Å². The molecule has 0 spiro atoms. The molecule has 18 heavy (non-hydrogen) atoms. The molecule has 0 aliphatic heterocycles. The zero-order valence-electron chi connectivity index (χ0n) is 8.86. The van der Waals surface area contributed by atoms with E-state index in [2.05, 4.69) is 0 Å². The fourth-order valence-electron chi connectivity index (χ4n) is 1.59. The molecule has 0 aliphatic carbocycles. The van der Waals surface area contributed by atoms with Gasteiger partial charge in [-0.2, -0.15) is 0 Å². The summed E-state index contributed by atoms with van der Waals surface area (Å²) in [7, 11) is -2.84. The summed E-state index contributed by atoms with van der Waals surface area (Å²) in [6.07, 6.45) is 0. The highest BCUT2D eigenvalue weighted by molar-refractivity contribution is 7.72. The van der Waals surface area contributed by atoms with Gasteiger partial charge < -0.3 is 0 Å². The molecule has 0 aromatic heterocycles. The third-order valence-corrected chi connectivity index (χ3v) is 3.72. The Hall–Kier alpha value is -1.10. The van der Waals surface area contributed by atoms with E-state index in [4.69, 9.17) is 23.2 Å². The summed E-state index contributed by atoms with van der Waals surface area (Å²) in [6.45, 7) is 0. The van der Waals surface area contributed by atoms with Crippen LogP contribution in [0.2, 0.25) is 10.0 Å². The minimum Gasteiger partial charge on any atom is -0.227 e. The first-order valence-electron chi connectivity index (χ1n) is 4.88. The summed E-state index contributed by atoms with van der Waals surface area (Å²) in [5.41, 5.74) is 0.594. The van der Waals surface area contributed by atoms with E-state index in [9.17, 15) is 12.8 Å². The Bertz CT molecular complexity index is 676. The topological polar surface area (TPSA) is 34.1 Å². The highest BCUT2D eigenvalue weighted by Gasteiger charge is 2.12. The van der Waals surface area contributed by atoms with Crippen molar-refractivity contribution in [1.82, 2.24) is 0 Å². The summed E-state index contributed by atoms with van der Waals surface area (Å²) >= 11 is 11.8. The van der Waals surface area contributed by atoms with Gasteiger partial charge in [0.15, 0.2) is 10.7 Å². The molecule has 0 radical (unpaired) electrons. The number of hydrogen-bond acceptors (Lipinski definition) is 2. The van der Waals surface area contributed by atoms with Crippen molar-refractivity contribution in [2.75, 3.05) is 0 Å². The molecule has 2 aromatic rings. The van der Waals surface area contributed by atoms with Gasteiger partial charge in [0.05, 0.1) is 4.90 Å². The summed E-state index contributed by atoms with van der Waals surface area (Å²) in [6, 6.07) is 8.02. The van der Waals surface area contributed by atoms with Gasteiger partial charge in [-0.25, -0.2) is 12.8 Å². The average Bonchev–Trinajstić information content (AvgIpc) is 2.31. The van der Waals surface area contributed by atoms with Crippen molar-refractivity contribution in [3.05, 3.63) is 52.3 Å². The predicted octanol–water partition coefficient (Wildman–Crippen LogP) is 3.77. The summed E-state index contributed by atoms with van der Waals surface area (Å²) in [5, 5.41) is 0.703. The summed E-state index contributed by atoms with van der Waals surface area (Å²) in [5.74, 6) is -0.540. The van der Waals surface area contributed by atoms with Gasteiger partial charge in [0, 0.05) is 21.2 Å². The third-order valence-electron chi connectivity index (χ3n) is 2.37. The molecule has 0 amide bonds. The van der Waals surface area contributed by atoms with Crippen molar-refractivity contribution >= 4 is 33.9 Å². The Labute approximate surface area is 115 Å². The molecular weight excluding hydrogens is 298 g/mol. The largest absolute Gasteiger partial charge is 0.227 e. The van der Waals surface area contributed by atoms with E-state index in [1.165, 1.54) is 18.2 Å². The molecular formula is C12H7Cl2FO2S. The molecule has 0 bridgehead atoms. The standard InChI is InChI=1S/C12H7Cl2FO2S/c13-7-1-3-11(14)9(5-7)10-6-8(15)2-4-12(10)18(16)17/h1-6,18H. The molecule has 0 saturated carbocycles. The molecule has 2 aromatic carbocycles. The molecule has 94 valence electrons. The van der Waals surface area contributed by atoms with Crippen LogP contribution in [0.25, 0.3) is 11.1 Å². The highest BCUT2D eigenvalue weighted by Crippen LogP contribution is 2.33. The normalized spacial score (nSPS) is 10.9. The second kappa shape index (κ2) is 5.26. The molecule has 0 fully saturated rings. The van der Waals surface area contributed by atoms with E-state index in [0.717, 1.165) is 12.1 Å². The first-order valence-corrected chi connectivity index (χ1v) is 6.82. The van der Waals surface area contributed by atoms with Crippen LogP contribution in [-0.2, 0) is 10.7 Å². The molecule has 0 saturated heterocycles. The molecule has 0 aliphatic rings. The zero-order chi connectivity index (χ0) is 13.3. The Morgan fingerprint density at radius 1 is 0.944 bits per heavy atom. The lowest BCUT2D eigenvalue weighted by atomic mass is 10.1. The second-order valence-electron chi connectivity index (χ2n) is 3.54. The molecule has 0 unspecified atom stereocenters. The number of benzene rings is 2. The number of halogens is 3. The summed E-state index contributed by atoms with van der Waals surface area (Å²) in [4.78, 5) is 0.00978. The van der Waals surface area contributed by atoms with Crippen molar-refractivity contribution in [2.45, 2.75) is 4.90 Å². The van der Waals surface area contributed by atoms with E-state index in [-0.39, 0.29) is 10.5 Å². The van der Waals surface area contributed by atoms with Gasteiger partial charge in [-0.05, 0) is 36.4 Å². The quantitative estimate of drug-likeness (QED) is 0.857. The SMILES string of the molecule is O=[SH](=O)c1ccc(F)cc1-c1cc(Cl)ccc1Cl. The smallest absolute Gasteiger partial charge is 0.168 e. The average molecular weight is 305 g/mol. The van der Waals surface area contributed by atoms with Gasteiger partial charge in [-0.15, -0.1) is 0 Å². The zero-order valence-corrected chi connectivity index (χ0v) is 11.3. The van der Waals surface area contributed by atoms with Crippen LogP contribution in [0.15, 0.2) is 41.3 Å². The Morgan fingerprint density at radius 2 is 1.67 bits per heavy atom. The fourth-order valence-corrected chi connectivity index (χ4v) is 2.56. The number of thiol groups is 1. The lowest BCUT2D eigenvalue weighted by molar-refractivity contribution is 0.612. The predicted molar refractivity (Wildman–Crippen MR) is 70.4 cm³/mol. The van der Waals surface area contributed by atoms with Crippen LogP contribution in [0.5, 0.6) is 0 Å². The van der Waals surface area contributed by atoms with Gasteiger partial charge in [-0.1, -0.05) is 23.2 Å². The Morgan fingerprint density at radius 3 is 2.33 bits per heavy atom. The van der Waals surface area contributed by atoms with Crippen LogP contribution in [-0.4, -0.2) is 8.42 Å². The second-order valence-corrected chi connectivity index (χ2v) is 5.38. The fraction of sp³-hybridized carbons (Fsp3) is 0. The van der Waals surface area contributed by atoms with Crippen LogP contribution in [0.4, 0.5) is 4.39 Å². The van der Waals surface area contributed by atoms with Crippen molar-refractivity contribution in [2.24, 2.45) is 0 Å². The molecule has 0 atom stereocenters. The molecule has 2 nitrogen and oxygen atoms in total. The maximum Gasteiger partial charge on any atom is 0.168 e. The lowest BCUT2D eigenvalue weighted by Crippen LogP contribution is -1.90. The van der Waals surface area contributed by atoms with E-state index in [0.29, 0.717) is 15.6 Å². The van der Waals surface area contributed by atoms with Gasteiger partial charge in [-0.3, -0.25) is 0 Å². The first kappa shape index (κ1) is 13.3. The molecule has 2 rings (SSSR count). The Balaban J connectivity index is 2.77. The maximum absolute atomic E-state index is 13.3. The molecule has 0 heterocycles. The monoisotopic (exact) mass is 304 g/mol. The maximum atomic E-state index is 13.3. The lowest BCUT2D eigenvalue weighted by Gasteiger charge is -2.08. The molecule has 0 N–H and O–H groups in total. The van der Waals surface area contributed by atoms with Crippen LogP contribution >= 0.6 is 23.2 Å². The van der Waals surface area contributed by atoms with Crippen LogP contribution in [0.1, 0.15) is 0 Å². The van der Waals surface area contributed by atoms with Gasteiger partial charge in [0.2, 0.25) is 0 Å². The van der Waals surface area contributed by atoms with E-state index >= 15 is 0 Å². The number of hydrogen-bond donors (Lipinski definition) is 1. The molecule has 6 heteroatoms. The van der Waals surface area contributed by atoms with Gasteiger partial charge in [0.1, 0.15) is 5.82 Å². The summed E-state index contributed by atoms with van der Waals surface area (Å²) < 4.78 is 35.5. The third kappa shape index (κ3) is 2.66. The number of rotatable bonds is 2. The van der Waals surface area contributed by atoms with Crippen LogP contribution in [0.3, 0.4) is 0 Å². The van der Waals surface area contributed by atoms with Crippen molar-refractivity contribution in [1.29, 1.82) is 0 Å². The van der Waals surface area contributed by atoms with Gasteiger partial charge >= 0.3 is 0 Å². The first-order chi connectivity index (χ1) is 8.49. The van der Waals surface area contributed by atoms with Crippen LogP contribution in [0, 0.1) is 5.82 Å². The Kier molecular flexibility index (Phi) is 3.90. The van der Waals surface area contributed by atoms with Crippen molar-refractivity contribution < 1.29 is 12.8 Å². The van der Waals surface area contributed by atoms with E-state index < -0.39 is 16.5 Å². The van der Waals surface area contributed by atoms with E-state index in [1.807, 2.05) is 0 Å². The highest BCUT2D eigenvalue weighted by atomic mass is 35.5. The van der Waals surface area contributed by atoms with Crippen LogP contribution < -0.4 is 0 Å². The minimum absolute atomic E-state index is 0.00978. The van der Waals surface area contributed by atoms with Gasteiger partial charge in [0.25, 0.3) is 0 Å².